The Bertz CT molecular complexity index is 117. The number of hydrogen-bond acceptors (Lipinski definition) is 3. The van der Waals surface area contributed by atoms with Crippen molar-refractivity contribution in [2.45, 2.75) is 13.8 Å². The van der Waals surface area contributed by atoms with Gasteiger partial charge in [-0.15, -0.1) is 0 Å². The van der Waals surface area contributed by atoms with Gasteiger partial charge in [0.1, 0.15) is 0 Å². The van der Waals surface area contributed by atoms with Crippen molar-refractivity contribution in [2.24, 2.45) is 10.9 Å². The Hall–Kier alpha value is -0.660. The van der Waals surface area contributed by atoms with Crippen LogP contribution in [0.1, 0.15) is 13.8 Å². The van der Waals surface area contributed by atoms with Crippen molar-refractivity contribution >= 4 is 6.08 Å². The predicted octanol–water partition coefficient (Wildman–Crippen LogP) is 0.995. The molecule has 0 aromatic rings. The van der Waals surface area contributed by atoms with Crippen molar-refractivity contribution in [3.8, 4) is 0 Å². The Morgan fingerprint density at radius 2 is 2.30 bits per heavy atom. The van der Waals surface area contributed by atoms with Crippen LogP contribution in [0.25, 0.3) is 0 Å². The van der Waals surface area contributed by atoms with Crippen LogP contribution in [0.4, 0.5) is 0 Å². The summed E-state index contributed by atoms with van der Waals surface area (Å²) in [6, 6.07) is 0. The third-order valence-electron chi connectivity index (χ3n) is 0.863. The average molecular weight is 143 g/mol. The maximum Gasteiger partial charge on any atom is 0.235 e. The number of aliphatic imine (C=N–C) groups is 1. The number of ether oxygens (including phenoxy) is 1. The monoisotopic (exact) mass is 143 g/mol. The first-order valence-electron chi connectivity index (χ1n) is 3.38. The third kappa shape index (κ3) is 7.34. The molecule has 0 aromatic heterocycles. The van der Waals surface area contributed by atoms with Crippen LogP contribution in [0.2, 0.25) is 0 Å². The lowest BCUT2D eigenvalue weighted by Crippen LogP contribution is -2.04. The molecule has 3 heteroatoms. The van der Waals surface area contributed by atoms with E-state index >= 15 is 0 Å². The van der Waals surface area contributed by atoms with Gasteiger partial charge in [-0.25, -0.2) is 9.79 Å². The lowest BCUT2D eigenvalue weighted by atomic mass is 10.2. The van der Waals surface area contributed by atoms with Gasteiger partial charge < -0.3 is 4.74 Å². The van der Waals surface area contributed by atoms with E-state index in [9.17, 15) is 4.79 Å². The Balaban J connectivity index is 2.98. The first-order chi connectivity index (χ1) is 4.77. The van der Waals surface area contributed by atoms with Gasteiger partial charge in [0.05, 0.1) is 13.2 Å². The minimum Gasteiger partial charge on any atom is -0.379 e. The Morgan fingerprint density at radius 3 is 2.80 bits per heavy atom. The molecule has 0 fully saturated rings. The lowest BCUT2D eigenvalue weighted by molar-refractivity contribution is 0.117. The van der Waals surface area contributed by atoms with Crippen molar-refractivity contribution in [3.63, 3.8) is 0 Å². The van der Waals surface area contributed by atoms with Gasteiger partial charge in [-0.05, 0) is 5.92 Å². The minimum atomic E-state index is 0.427. The molecule has 0 N–H and O–H groups in total. The molecule has 0 atom stereocenters. The van der Waals surface area contributed by atoms with Crippen LogP contribution >= 0.6 is 0 Å². The van der Waals surface area contributed by atoms with E-state index in [0.29, 0.717) is 19.1 Å². The molecule has 0 aliphatic carbocycles. The summed E-state index contributed by atoms with van der Waals surface area (Å²) in [5, 5.41) is 0. The zero-order chi connectivity index (χ0) is 7.82. The largest absolute Gasteiger partial charge is 0.379 e. The molecule has 0 aliphatic heterocycles. The van der Waals surface area contributed by atoms with Crippen LogP contribution in [-0.4, -0.2) is 25.8 Å². The number of nitrogens with zero attached hydrogens (tertiary/aromatic N) is 1. The van der Waals surface area contributed by atoms with Crippen LogP contribution in [0.3, 0.4) is 0 Å². The molecular weight excluding hydrogens is 130 g/mol. The predicted molar refractivity (Wildman–Crippen MR) is 38.6 cm³/mol. The van der Waals surface area contributed by atoms with Crippen LogP contribution < -0.4 is 0 Å². The van der Waals surface area contributed by atoms with Crippen molar-refractivity contribution in [1.29, 1.82) is 0 Å². The van der Waals surface area contributed by atoms with Gasteiger partial charge in [-0.2, -0.15) is 0 Å². The zero-order valence-electron chi connectivity index (χ0n) is 6.46. The van der Waals surface area contributed by atoms with E-state index in [4.69, 9.17) is 4.74 Å². The average Bonchev–Trinajstić information content (AvgIpc) is 1.87. The SMILES string of the molecule is CC(C)COCCN=C=O. The zero-order valence-corrected chi connectivity index (χ0v) is 6.46. The topological polar surface area (TPSA) is 38.7 Å². The van der Waals surface area contributed by atoms with Gasteiger partial charge in [0, 0.05) is 6.61 Å². The van der Waals surface area contributed by atoms with E-state index in [2.05, 4.69) is 18.8 Å². The van der Waals surface area contributed by atoms with Crippen molar-refractivity contribution in [2.75, 3.05) is 19.8 Å². The second-order valence-electron chi connectivity index (χ2n) is 2.44. The normalized spacial score (nSPS) is 9.50. The van der Waals surface area contributed by atoms with Crippen LogP contribution in [0.5, 0.6) is 0 Å². The fourth-order valence-electron chi connectivity index (χ4n) is 0.475. The molecule has 0 heterocycles. The molecule has 0 aliphatic rings. The molecule has 3 nitrogen and oxygen atoms in total. The fraction of sp³-hybridized carbons (Fsp3) is 0.857. The highest BCUT2D eigenvalue weighted by atomic mass is 16.5. The lowest BCUT2D eigenvalue weighted by Gasteiger charge is -2.03. The summed E-state index contributed by atoms with van der Waals surface area (Å²) in [5.74, 6) is 0.542. The first-order valence-corrected chi connectivity index (χ1v) is 3.38. The number of carbonyl (C=O) groups excluding carboxylic acids is 1. The molecule has 0 saturated carbocycles. The van der Waals surface area contributed by atoms with E-state index in [1.54, 1.807) is 0 Å². The summed E-state index contributed by atoms with van der Waals surface area (Å²) in [4.78, 5) is 12.9. The summed E-state index contributed by atoms with van der Waals surface area (Å²) in [5.41, 5.74) is 0. The summed E-state index contributed by atoms with van der Waals surface area (Å²) in [6.45, 7) is 5.82. The highest BCUT2D eigenvalue weighted by Crippen LogP contribution is 1.91. The van der Waals surface area contributed by atoms with Gasteiger partial charge in [0.2, 0.25) is 6.08 Å². The number of isocyanates is 1. The van der Waals surface area contributed by atoms with Gasteiger partial charge in [0.25, 0.3) is 0 Å². The molecular formula is C7H13NO2. The quantitative estimate of drug-likeness (QED) is 0.327. The van der Waals surface area contributed by atoms with Crippen molar-refractivity contribution in [3.05, 3.63) is 0 Å². The smallest absolute Gasteiger partial charge is 0.235 e. The molecule has 0 bridgehead atoms. The number of hydrogen-bond donors (Lipinski definition) is 0. The molecule has 0 spiro atoms. The Kier molecular flexibility index (Phi) is 6.03. The van der Waals surface area contributed by atoms with E-state index in [1.165, 1.54) is 6.08 Å². The maximum absolute atomic E-state index is 9.55. The molecule has 0 unspecified atom stereocenters. The van der Waals surface area contributed by atoms with Crippen LogP contribution in [0.15, 0.2) is 4.99 Å². The minimum absolute atomic E-state index is 0.427. The van der Waals surface area contributed by atoms with Crippen molar-refractivity contribution in [1.82, 2.24) is 0 Å². The van der Waals surface area contributed by atoms with Crippen molar-refractivity contribution < 1.29 is 9.53 Å². The van der Waals surface area contributed by atoms with E-state index in [-0.39, 0.29) is 0 Å². The first kappa shape index (κ1) is 9.34. The third-order valence-corrected chi connectivity index (χ3v) is 0.863. The summed E-state index contributed by atoms with van der Waals surface area (Å²) in [7, 11) is 0. The fourth-order valence-corrected chi connectivity index (χ4v) is 0.475. The van der Waals surface area contributed by atoms with Gasteiger partial charge in [0.15, 0.2) is 0 Å². The number of rotatable bonds is 5. The van der Waals surface area contributed by atoms with Gasteiger partial charge in [-0.1, -0.05) is 13.8 Å². The standard InChI is InChI=1S/C7H13NO2/c1-7(2)5-10-4-3-8-6-9/h7H,3-5H2,1-2H3. The van der Waals surface area contributed by atoms with E-state index < -0.39 is 0 Å². The van der Waals surface area contributed by atoms with Gasteiger partial charge >= 0.3 is 0 Å². The highest BCUT2D eigenvalue weighted by molar-refractivity contribution is 5.32. The summed E-state index contributed by atoms with van der Waals surface area (Å²) in [6.07, 6.45) is 1.45. The molecule has 10 heavy (non-hydrogen) atoms. The molecule has 0 amide bonds. The maximum atomic E-state index is 9.55. The Morgan fingerprint density at radius 1 is 1.60 bits per heavy atom. The summed E-state index contributed by atoms with van der Waals surface area (Å²) < 4.78 is 5.12. The van der Waals surface area contributed by atoms with Gasteiger partial charge in [-0.3, -0.25) is 0 Å². The molecule has 58 valence electrons. The summed E-state index contributed by atoms with van der Waals surface area (Å²) >= 11 is 0. The second-order valence-corrected chi connectivity index (χ2v) is 2.44. The highest BCUT2D eigenvalue weighted by Gasteiger charge is 1.91. The molecule has 0 radical (unpaired) electrons. The molecule has 0 saturated heterocycles. The second kappa shape index (κ2) is 6.46. The van der Waals surface area contributed by atoms with Crippen LogP contribution in [0, 0.1) is 5.92 Å². The molecule has 0 rings (SSSR count). The van der Waals surface area contributed by atoms with E-state index in [1.807, 2.05) is 0 Å². The van der Waals surface area contributed by atoms with E-state index in [0.717, 1.165) is 6.61 Å². The Labute approximate surface area is 61.1 Å². The van der Waals surface area contributed by atoms with Crippen LogP contribution in [-0.2, 0) is 9.53 Å². The molecule has 0 aromatic carbocycles.